The Hall–Kier alpha value is -3.46. The molecule has 214 valence electrons. The van der Waals surface area contributed by atoms with E-state index in [0.29, 0.717) is 30.5 Å². The van der Waals surface area contributed by atoms with Gasteiger partial charge in [0.15, 0.2) is 0 Å². The van der Waals surface area contributed by atoms with Gasteiger partial charge in [0.2, 0.25) is 0 Å². The first-order valence-corrected chi connectivity index (χ1v) is 14.8. The van der Waals surface area contributed by atoms with Crippen LogP contribution in [0.5, 0.6) is 0 Å². The molecule has 1 amide bonds. The molecule has 3 aromatic rings. The summed E-state index contributed by atoms with van der Waals surface area (Å²) in [5, 5.41) is 21.4. The lowest BCUT2D eigenvalue weighted by molar-refractivity contribution is -0.139. The molecule has 1 aromatic carbocycles. The maximum atomic E-state index is 13.2. The predicted octanol–water partition coefficient (Wildman–Crippen LogP) is 4.51. The van der Waals surface area contributed by atoms with Gasteiger partial charge in [-0.2, -0.15) is 5.10 Å². The molecular weight excluding hydrogens is 504 g/mol. The van der Waals surface area contributed by atoms with Crippen LogP contribution in [0.4, 0.5) is 5.82 Å². The standard InChI is InChI=1S/C31H42N6O3/c1-21(2)19-37-20-26-25(9-5-10-27(26)35-37)30(38)34-28(31(39)40)15-18-36(24-13-14-24)17-4-3-8-23-12-11-22-7-6-16-32-29(22)33-23/h5,9-12,20-21,24,28H,3-4,6-8,13-19H2,1-2H3,(H,32,33)(H,34,38)(H,39,40). The van der Waals surface area contributed by atoms with Crippen molar-refractivity contribution in [3.8, 4) is 0 Å². The summed E-state index contributed by atoms with van der Waals surface area (Å²) in [7, 11) is 0. The Morgan fingerprint density at radius 2 is 2.02 bits per heavy atom. The topological polar surface area (TPSA) is 112 Å². The molecule has 0 spiro atoms. The fraction of sp³-hybridized carbons (Fsp3) is 0.548. The van der Waals surface area contributed by atoms with E-state index < -0.39 is 12.0 Å². The molecule has 1 aliphatic carbocycles. The predicted molar refractivity (Wildman–Crippen MR) is 157 cm³/mol. The zero-order valence-electron chi connectivity index (χ0n) is 23.7. The van der Waals surface area contributed by atoms with Gasteiger partial charge in [0.25, 0.3) is 5.91 Å². The Morgan fingerprint density at radius 3 is 2.80 bits per heavy atom. The number of rotatable bonds is 14. The zero-order valence-corrected chi connectivity index (χ0v) is 23.7. The lowest BCUT2D eigenvalue weighted by Crippen LogP contribution is -2.43. The summed E-state index contributed by atoms with van der Waals surface area (Å²) in [5.41, 5.74) is 3.64. The number of carboxylic acid groups (broad SMARTS) is 1. The van der Waals surface area contributed by atoms with Gasteiger partial charge in [0, 0.05) is 43.0 Å². The van der Waals surface area contributed by atoms with Crippen LogP contribution in [0.1, 0.15) is 74.0 Å². The number of aliphatic carboxylic acids is 1. The molecule has 2 aliphatic rings. The van der Waals surface area contributed by atoms with Crippen LogP contribution >= 0.6 is 0 Å². The number of carbonyl (C=O) groups excluding carboxylic acids is 1. The molecule has 3 N–H and O–H groups in total. The van der Waals surface area contributed by atoms with E-state index in [9.17, 15) is 14.7 Å². The molecule has 1 aliphatic heterocycles. The number of aryl methyl sites for hydroxylation is 2. The van der Waals surface area contributed by atoms with Gasteiger partial charge in [0.1, 0.15) is 11.9 Å². The van der Waals surface area contributed by atoms with Crippen LogP contribution in [0.2, 0.25) is 0 Å². The molecule has 9 heteroatoms. The van der Waals surface area contributed by atoms with Crippen molar-refractivity contribution >= 4 is 28.6 Å². The molecule has 1 fully saturated rings. The highest BCUT2D eigenvalue weighted by atomic mass is 16.4. The summed E-state index contributed by atoms with van der Waals surface area (Å²) < 4.78 is 1.85. The summed E-state index contributed by atoms with van der Waals surface area (Å²) in [4.78, 5) is 32.5. The number of aromatic nitrogens is 3. The lowest BCUT2D eigenvalue weighted by atomic mass is 10.1. The number of amides is 1. The molecule has 1 saturated carbocycles. The number of hydrogen-bond acceptors (Lipinski definition) is 6. The maximum Gasteiger partial charge on any atom is 0.326 e. The van der Waals surface area contributed by atoms with Crippen molar-refractivity contribution in [3.63, 3.8) is 0 Å². The number of anilines is 1. The van der Waals surface area contributed by atoms with Crippen molar-refractivity contribution in [2.45, 2.75) is 83.8 Å². The van der Waals surface area contributed by atoms with Crippen molar-refractivity contribution in [2.75, 3.05) is 25.0 Å². The molecule has 2 aromatic heterocycles. The van der Waals surface area contributed by atoms with Gasteiger partial charge in [-0.05, 0) is 87.6 Å². The average molecular weight is 547 g/mol. The lowest BCUT2D eigenvalue weighted by Gasteiger charge is -2.24. The Labute approximate surface area is 236 Å². The minimum absolute atomic E-state index is 0.368. The van der Waals surface area contributed by atoms with Gasteiger partial charge in [-0.15, -0.1) is 0 Å². The summed E-state index contributed by atoms with van der Waals surface area (Å²) in [6.07, 6.45) is 9.86. The third-order valence-electron chi connectivity index (χ3n) is 7.85. The maximum absolute atomic E-state index is 13.2. The van der Waals surface area contributed by atoms with E-state index in [4.69, 9.17) is 4.98 Å². The van der Waals surface area contributed by atoms with E-state index >= 15 is 0 Å². The first-order valence-electron chi connectivity index (χ1n) is 14.8. The van der Waals surface area contributed by atoms with E-state index in [1.165, 1.54) is 5.56 Å². The Morgan fingerprint density at radius 1 is 1.18 bits per heavy atom. The molecule has 40 heavy (non-hydrogen) atoms. The number of nitrogens with zero attached hydrogens (tertiary/aromatic N) is 4. The molecule has 1 atom stereocenters. The van der Waals surface area contributed by atoms with Crippen LogP contribution in [0.3, 0.4) is 0 Å². The number of hydrogen-bond donors (Lipinski definition) is 3. The van der Waals surface area contributed by atoms with Crippen molar-refractivity contribution in [2.24, 2.45) is 5.92 Å². The van der Waals surface area contributed by atoms with E-state index in [2.05, 4.69) is 46.6 Å². The fourth-order valence-electron chi connectivity index (χ4n) is 5.59. The molecule has 0 saturated heterocycles. The number of carboxylic acids is 1. The number of pyridine rings is 1. The van der Waals surface area contributed by atoms with Crippen LogP contribution in [-0.4, -0.2) is 68.4 Å². The number of benzene rings is 1. The smallest absolute Gasteiger partial charge is 0.326 e. The highest BCUT2D eigenvalue weighted by Gasteiger charge is 2.30. The second-order valence-electron chi connectivity index (χ2n) is 11.7. The van der Waals surface area contributed by atoms with Gasteiger partial charge in [-0.3, -0.25) is 9.48 Å². The van der Waals surface area contributed by atoms with E-state index in [-0.39, 0.29) is 5.91 Å². The number of carbonyl (C=O) groups is 2. The second-order valence-corrected chi connectivity index (χ2v) is 11.7. The van der Waals surface area contributed by atoms with Crippen LogP contribution < -0.4 is 10.6 Å². The summed E-state index contributed by atoms with van der Waals surface area (Å²) >= 11 is 0. The molecular formula is C31H42N6O3. The van der Waals surface area contributed by atoms with Gasteiger partial charge in [-0.1, -0.05) is 26.0 Å². The quantitative estimate of drug-likeness (QED) is 0.255. The molecule has 5 rings (SSSR count). The monoisotopic (exact) mass is 546 g/mol. The van der Waals surface area contributed by atoms with E-state index in [1.54, 1.807) is 12.1 Å². The normalized spacial score (nSPS) is 15.7. The average Bonchev–Trinajstić information content (AvgIpc) is 3.70. The largest absolute Gasteiger partial charge is 0.480 e. The zero-order chi connectivity index (χ0) is 28.1. The first-order chi connectivity index (χ1) is 19.4. The van der Waals surface area contributed by atoms with Crippen LogP contribution in [0.15, 0.2) is 36.5 Å². The van der Waals surface area contributed by atoms with Crippen LogP contribution in [0, 0.1) is 5.92 Å². The number of fused-ring (bicyclic) bond motifs is 2. The van der Waals surface area contributed by atoms with Crippen LogP contribution in [-0.2, 0) is 24.2 Å². The van der Waals surface area contributed by atoms with E-state index in [0.717, 1.165) is 87.0 Å². The molecule has 3 heterocycles. The van der Waals surface area contributed by atoms with Gasteiger partial charge >= 0.3 is 5.97 Å². The minimum Gasteiger partial charge on any atom is -0.480 e. The molecule has 0 bridgehead atoms. The van der Waals surface area contributed by atoms with Crippen molar-refractivity contribution in [1.82, 2.24) is 25.0 Å². The molecule has 0 radical (unpaired) electrons. The third-order valence-corrected chi connectivity index (χ3v) is 7.85. The highest BCUT2D eigenvalue weighted by molar-refractivity contribution is 6.07. The number of nitrogens with one attached hydrogen (secondary N) is 2. The van der Waals surface area contributed by atoms with Crippen molar-refractivity contribution in [1.29, 1.82) is 0 Å². The first kappa shape index (κ1) is 28.1. The molecule has 9 nitrogen and oxygen atoms in total. The Kier molecular flexibility index (Phi) is 8.99. The van der Waals surface area contributed by atoms with Crippen LogP contribution in [0.25, 0.3) is 10.9 Å². The minimum atomic E-state index is -1.00. The fourth-order valence-corrected chi connectivity index (χ4v) is 5.59. The van der Waals surface area contributed by atoms with Crippen molar-refractivity contribution in [3.05, 3.63) is 53.3 Å². The summed E-state index contributed by atoms with van der Waals surface area (Å²) in [5.74, 6) is 0.103. The number of unbranched alkanes of at least 4 members (excludes halogenated alkanes) is 1. The second kappa shape index (κ2) is 12.8. The Bertz CT molecular complexity index is 1330. The van der Waals surface area contributed by atoms with E-state index in [1.807, 2.05) is 16.9 Å². The highest BCUT2D eigenvalue weighted by Crippen LogP contribution is 2.28. The van der Waals surface area contributed by atoms with Crippen molar-refractivity contribution < 1.29 is 14.7 Å². The summed E-state index contributed by atoms with van der Waals surface area (Å²) in [6.45, 7) is 7.57. The van der Waals surface area contributed by atoms with Gasteiger partial charge in [-0.25, -0.2) is 9.78 Å². The molecule has 1 unspecified atom stereocenters. The van der Waals surface area contributed by atoms with Gasteiger partial charge in [0.05, 0.1) is 11.1 Å². The van der Waals surface area contributed by atoms with Gasteiger partial charge < -0.3 is 20.6 Å². The third kappa shape index (κ3) is 7.18. The Balaban J connectivity index is 1.13. The summed E-state index contributed by atoms with van der Waals surface area (Å²) in [6, 6.07) is 9.36. The SMILES string of the molecule is CC(C)Cn1cc2c(C(=O)NC(CCN(CCCCc3ccc4c(n3)NCCC4)C3CC3)C(=O)O)cccc2n1.